The molecule has 0 radical (unpaired) electrons. The van der Waals surface area contributed by atoms with Gasteiger partial charge in [0.05, 0.1) is 24.5 Å². The molecule has 2 fully saturated rings. The van der Waals surface area contributed by atoms with Gasteiger partial charge in [-0.25, -0.2) is 9.18 Å². The van der Waals surface area contributed by atoms with E-state index in [0.29, 0.717) is 24.5 Å². The van der Waals surface area contributed by atoms with Crippen LogP contribution in [0.4, 0.5) is 20.6 Å². The monoisotopic (exact) mass is 394 g/mol. The fourth-order valence-electron chi connectivity index (χ4n) is 3.52. The number of amides is 2. The molecular formula is C19H27FN4O4. The Hall–Kier alpha value is -2.39. The molecule has 2 saturated heterocycles. The van der Waals surface area contributed by atoms with Gasteiger partial charge < -0.3 is 20.1 Å². The number of nitrogens with zero attached hydrogens (tertiary/aromatic N) is 3. The molecule has 3 rings (SSSR count). The first kappa shape index (κ1) is 20.3. The van der Waals surface area contributed by atoms with Crippen LogP contribution in [-0.4, -0.2) is 80.5 Å². The number of ether oxygens (including phenoxy) is 1. The lowest BCUT2D eigenvalue weighted by molar-refractivity contribution is -0.119. The van der Waals surface area contributed by atoms with Gasteiger partial charge in [0.1, 0.15) is 11.9 Å². The van der Waals surface area contributed by atoms with E-state index < -0.39 is 12.2 Å². The summed E-state index contributed by atoms with van der Waals surface area (Å²) in [6.07, 6.45) is -0.246. The Balaban J connectivity index is 1.60. The third-order valence-corrected chi connectivity index (χ3v) is 5.04. The van der Waals surface area contributed by atoms with E-state index in [1.165, 1.54) is 17.9 Å². The molecule has 8 nitrogen and oxygen atoms in total. The van der Waals surface area contributed by atoms with Crippen LogP contribution >= 0.6 is 0 Å². The van der Waals surface area contributed by atoms with Gasteiger partial charge >= 0.3 is 6.09 Å². The zero-order chi connectivity index (χ0) is 20.1. The number of benzene rings is 1. The van der Waals surface area contributed by atoms with Gasteiger partial charge in [-0.15, -0.1) is 0 Å². The number of carbonyl (C=O) groups is 2. The Morgan fingerprint density at radius 1 is 1.32 bits per heavy atom. The molecule has 2 heterocycles. The van der Waals surface area contributed by atoms with Gasteiger partial charge in [-0.3, -0.25) is 14.6 Å². The molecule has 154 valence electrons. The fraction of sp³-hybridized carbons (Fsp3) is 0.579. The third-order valence-electron chi connectivity index (χ3n) is 5.04. The van der Waals surface area contributed by atoms with Crippen LogP contribution in [-0.2, 0) is 9.53 Å². The Kier molecular flexibility index (Phi) is 6.69. The van der Waals surface area contributed by atoms with Gasteiger partial charge in [-0.2, -0.15) is 0 Å². The number of cyclic esters (lactones) is 1. The molecule has 0 saturated carbocycles. The molecule has 1 aromatic rings. The summed E-state index contributed by atoms with van der Waals surface area (Å²) in [5.41, 5.74) is 0.964. The quantitative estimate of drug-likeness (QED) is 0.711. The van der Waals surface area contributed by atoms with E-state index in [2.05, 4.69) is 10.2 Å². The number of piperazine rings is 1. The van der Waals surface area contributed by atoms with E-state index in [1.807, 2.05) is 4.90 Å². The summed E-state index contributed by atoms with van der Waals surface area (Å²) >= 11 is 0. The number of halogens is 1. The average Bonchev–Trinajstić information content (AvgIpc) is 3.06. The molecule has 0 aliphatic carbocycles. The van der Waals surface area contributed by atoms with Crippen LogP contribution < -0.4 is 15.1 Å². The van der Waals surface area contributed by atoms with Crippen molar-refractivity contribution in [3.63, 3.8) is 0 Å². The first-order valence-corrected chi connectivity index (χ1v) is 9.58. The Morgan fingerprint density at radius 2 is 2.07 bits per heavy atom. The lowest BCUT2D eigenvalue weighted by Crippen LogP contribution is -2.47. The maximum Gasteiger partial charge on any atom is 0.414 e. The van der Waals surface area contributed by atoms with Crippen LogP contribution in [0.1, 0.15) is 13.3 Å². The van der Waals surface area contributed by atoms with Crippen LogP contribution in [0.3, 0.4) is 0 Å². The molecule has 1 atom stereocenters. The minimum Gasteiger partial charge on any atom is -0.442 e. The van der Waals surface area contributed by atoms with Gasteiger partial charge in [0, 0.05) is 46.3 Å². The third kappa shape index (κ3) is 4.90. The SMILES string of the molecule is CC(=O)NCC1CN(c2ccc(N3CCN(CCCO)CC3)c(F)c2)C(=O)O1. The van der Waals surface area contributed by atoms with Gasteiger partial charge in [0.25, 0.3) is 0 Å². The predicted octanol–water partition coefficient (Wildman–Crippen LogP) is 0.791. The summed E-state index contributed by atoms with van der Waals surface area (Å²) in [5, 5.41) is 11.5. The summed E-state index contributed by atoms with van der Waals surface area (Å²) in [5.74, 6) is -0.569. The molecule has 0 spiro atoms. The van der Waals surface area contributed by atoms with E-state index in [9.17, 15) is 14.0 Å². The van der Waals surface area contributed by atoms with Crippen molar-refractivity contribution in [3.8, 4) is 0 Å². The van der Waals surface area contributed by atoms with Crippen molar-refractivity contribution < 1.29 is 23.8 Å². The van der Waals surface area contributed by atoms with E-state index in [1.54, 1.807) is 12.1 Å². The Morgan fingerprint density at radius 3 is 2.71 bits per heavy atom. The van der Waals surface area contributed by atoms with Crippen molar-refractivity contribution in [1.29, 1.82) is 0 Å². The predicted molar refractivity (Wildman–Crippen MR) is 103 cm³/mol. The smallest absolute Gasteiger partial charge is 0.414 e. The zero-order valence-corrected chi connectivity index (χ0v) is 16.1. The second kappa shape index (κ2) is 9.20. The lowest BCUT2D eigenvalue weighted by Gasteiger charge is -2.36. The first-order chi connectivity index (χ1) is 13.5. The molecule has 1 aromatic carbocycles. The molecule has 9 heteroatoms. The van der Waals surface area contributed by atoms with Crippen molar-refractivity contribution >= 4 is 23.4 Å². The minimum atomic E-state index is -0.542. The number of rotatable bonds is 7. The highest BCUT2D eigenvalue weighted by Crippen LogP contribution is 2.28. The Labute approximate surface area is 163 Å². The van der Waals surface area contributed by atoms with E-state index in [-0.39, 0.29) is 31.4 Å². The first-order valence-electron chi connectivity index (χ1n) is 9.58. The van der Waals surface area contributed by atoms with Crippen LogP contribution in [0.2, 0.25) is 0 Å². The summed E-state index contributed by atoms with van der Waals surface area (Å²) in [4.78, 5) is 28.7. The van der Waals surface area contributed by atoms with Crippen molar-refractivity contribution in [1.82, 2.24) is 10.2 Å². The van der Waals surface area contributed by atoms with Gasteiger partial charge in [0.2, 0.25) is 5.91 Å². The van der Waals surface area contributed by atoms with Gasteiger partial charge in [-0.05, 0) is 24.6 Å². The van der Waals surface area contributed by atoms with Crippen molar-refractivity contribution in [2.75, 3.05) is 62.2 Å². The summed E-state index contributed by atoms with van der Waals surface area (Å²) in [6, 6.07) is 4.77. The van der Waals surface area contributed by atoms with Crippen molar-refractivity contribution in [3.05, 3.63) is 24.0 Å². The van der Waals surface area contributed by atoms with Crippen molar-refractivity contribution in [2.45, 2.75) is 19.4 Å². The number of aliphatic hydroxyl groups is 1. The number of nitrogens with one attached hydrogen (secondary N) is 1. The van der Waals surface area contributed by atoms with E-state index >= 15 is 0 Å². The maximum absolute atomic E-state index is 14.7. The maximum atomic E-state index is 14.7. The highest BCUT2D eigenvalue weighted by Gasteiger charge is 2.33. The van der Waals surface area contributed by atoms with Gasteiger partial charge in [-0.1, -0.05) is 0 Å². The van der Waals surface area contributed by atoms with Crippen molar-refractivity contribution in [2.24, 2.45) is 0 Å². The van der Waals surface area contributed by atoms with Crippen LogP contribution in [0.15, 0.2) is 18.2 Å². The molecule has 1 unspecified atom stereocenters. The molecule has 0 aromatic heterocycles. The molecule has 2 aliphatic heterocycles. The largest absolute Gasteiger partial charge is 0.442 e. The summed E-state index contributed by atoms with van der Waals surface area (Å²) in [7, 11) is 0. The topological polar surface area (TPSA) is 85.4 Å². The summed E-state index contributed by atoms with van der Waals surface area (Å²) < 4.78 is 20.0. The number of carbonyl (C=O) groups excluding carboxylic acids is 2. The highest BCUT2D eigenvalue weighted by atomic mass is 19.1. The van der Waals surface area contributed by atoms with Crippen LogP contribution in [0.25, 0.3) is 0 Å². The number of hydrogen-bond acceptors (Lipinski definition) is 6. The summed E-state index contributed by atoms with van der Waals surface area (Å²) in [6.45, 7) is 6.01. The van der Waals surface area contributed by atoms with Crippen LogP contribution in [0.5, 0.6) is 0 Å². The second-order valence-electron chi connectivity index (χ2n) is 7.10. The molecule has 2 amide bonds. The zero-order valence-electron chi connectivity index (χ0n) is 16.1. The molecule has 2 N–H and O–H groups in total. The number of aliphatic hydroxyl groups excluding tert-OH is 1. The van der Waals surface area contributed by atoms with E-state index in [0.717, 1.165) is 26.1 Å². The molecular weight excluding hydrogens is 367 g/mol. The molecule has 28 heavy (non-hydrogen) atoms. The molecule has 0 bridgehead atoms. The average molecular weight is 394 g/mol. The van der Waals surface area contributed by atoms with Gasteiger partial charge in [0.15, 0.2) is 0 Å². The number of anilines is 2. The minimum absolute atomic E-state index is 0.181. The number of hydrogen-bond donors (Lipinski definition) is 2. The molecule has 2 aliphatic rings. The standard InChI is InChI=1S/C19H27FN4O4/c1-14(26)21-12-16-13-24(19(27)28-16)15-3-4-18(17(20)11-15)23-8-6-22(7-9-23)5-2-10-25/h3-4,11,16,25H,2,5-10,12-13H2,1H3,(H,21,26). The fourth-order valence-corrected chi connectivity index (χ4v) is 3.52. The lowest BCUT2D eigenvalue weighted by atomic mass is 10.2. The highest BCUT2D eigenvalue weighted by molar-refractivity contribution is 5.90. The second-order valence-corrected chi connectivity index (χ2v) is 7.10. The van der Waals surface area contributed by atoms with E-state index in [4.69, 9.17) is 9.84 Å². The normalized spacial score (nSPS) is 20.4. The van der Waals surface area contributed by atoms with Crippen LogP contribution in [0, 0.1) is 5.82 Å². The Bertz CT molecular complexity index is 709.